The normalized spacial score (nSPS) is 28.9. The van der Waals surface area contributed by atoms with Crippen molar-refractivity contribution in [2.24, 2.45) is 0 Å². The molecule has 6 N–H and O–H groups in total. The van der Waals surface area contributed by atoms with Crippen LogP contribution in [0.15, 0.2) is 71.6 Å². The molecule has 2 aromatic rings. The zero-order valence-corrected chi connectivity index (χ0v) is 21.4. The van der Waals surface area contributed by atoms with E-state index in [9.17, 15) is 29.3 Å². The molecule has 1 fully saturated rings. The van der Waals surface area contributed by atoms with E-state index in [1.165, 1.54) is 25.3 Å². The van der Waals surface area contributed by atoms with Gasteiger partial charge in [0.05, 0.1) is 6.61 Å². The third kappa shape index (κ3) is 7.23. The maximum absolute atomic E-state index is 12.4. The lowest BCUT2D eigenvalue weighted by molar-refractivity contribution is -0.123. The Bertz CT molecular complexity index is 1330. The zero-order chi connectivity index (χ0) is 28.2. The number of anilines is 1. The summed E-state index contributed by atoms with van der Waals surface area (Å²) in [5.41, 5.74) is 4.62. The number of benzene rings is 1. The van der Waals surface area contributed by atoms with Gasteiger partial charge in [0.25, 0.3) is 6.29 Å². The Kier molecular flexibility index (Phi) is 8.70. The number of rotatable bonds is 9. The van der Waals surface area contributed by atoms with Crippen LogP contribution in [0.3, 0.4) is 0 Å². The van der Waals surface area contributed by atoms with E-state index >= 15 is 0 Å². The topological polar surface area (TPSA) is 214 Å². The molecule has 0 bridgehead atoms. The molecule has 1 unspecified atom stereocenters. The van der Waals surface area contributed by atoms with E-state index < -0.39 is 57.0 Å². The first kappa shape index (κ1) is 28.3. The fourth-order valence-corrected chi connectivity index (χ4v) is 4.35. The quantitative estimate of drug-likeness (QED) is 0.199. The maximum atomic E-state index is 12.4. The van der Waals surface area contributed by atoms with Crippen molar-refractivity contribution in [3.63, 3.8) is 0 Å². The third-order valence-electron chi connectivity index (χ3n) is 5.55. The Hall–Kier alpha value is -3.72. The van der Waals surface area contributed by atoms with Gasteiger partial charge in [-0.3, -0.25) is 18.8 Å². The smallest absolute Gasteiger partial charge is 0.452 e. The Balaban J connectivity index is 1.37. The van der Waals surface area contributed by atoms with Gasteiger partial charge in [-0.05, 0) is 24.3 Å². The number of aliphatic hydroxyl groups is 2. The first-order valence-corrected chi connectivity index (χ1v) is 13.1. The Morgan fingerprint density at radius 1 is 1.26 bits per heavy atom. The molecule has 3 heterocycles. The van der Waals surface area contributed by atoms with Crippen LogP contribution in [0.5, 0.6) is 5.75 Å². The molecule has 0 saturated carbocycles. The number of carbonyl (C=O) groups excluding carboxylic acids is 1. The number of phosphoric ester groups is 1. The number of allylic oxidation sites excluding steroid dienone is 1. The van der Waals surface area contributed by atoms with E-state index in [2.05, 4.69) is 10.3 Å². The highest BCUT2D eigenvalue weighted by molar-refractivity contribution is 7.47. The summed E-state index contributed by atoms with van der Waals surface area (Å²) < 4.78 is 40.1. The van der Waals surface area contributed by atoms with Crippen molar-refractivity contribution in [2.75, 3.05) is 12.3 Å². The Morgan fingerprint density at radius 3 is 2.69 bits per heavy atom. The number of ether oxygens (including phenoxy) is 3. The van der Waals surface area contributed by atoms with Crippen molar-refractivity contribution in [2.45, 2.75) is 43.8 Å². The van der Waals surface area contributed by atoms with Gasteiger partial charge in [0.15, 0.2) is 12.0 Å². The molecule has 4 rings (SSSR count). The minimum atomic E-state index is -4.76. The van der Waals surface area contributed by atoms with E-state index in [1.54, 1.807) is 36.4 Å². The summed E-state index contributed by atoms with van der Waals surface area (Å²) in [6.45, 7) is 0.655. The molecule has 0 spiro atoms. The summed E-state index contributed by atoms with van der Waals surface area (Å²) in [7, 11) is -4.76. The second kappa shape index (κ2) is 12.0. The summed E-state index contributed by atoms with van der Waals surface area (Å²) in [4.78, 5) is 37.2. The molecule has 16 heteroatoms. The average Bonchev–Trinajstić information content (AvgIpc) is 3.16. The number of para-hydroxylation sites is 1. The molecule has 210 valence electrons. The minimum Gasteiger partial charge on any atom is -0.452 e. The van der Waals surface area contributed by atoms with Crippen LogP contribution < -0.4 is 21.5 Å². The minimum absolute atomic E-state index is 0.0155. The number of aliphatic hydroxyl groups excluding tert-OH is 2. The van der Waals surface area contributed by atoms with Crippen LogP contribution in [0.25, 0.3) is 0 Å². The van der Waals surface area contributed by atoms with Gasteiger partial charge >= 0.3 is 13.5 Å². The number of nitrogens with zero attached hydrogens (tertiary/aromatic N) is 2. The molecule has 0 radical (unpaired) electrons. The van der Waals surface area contributed by atoms with Gasteiger partial charge in [0.2, 0.25) is 5.91 Å². The SMILES string of the molecule is CC(=O)N[C@@H]1C=C/C(=C/OP(=O)(O)OC[C@H]2O[C@@H](n3ccc(N)nc3=O)[C@H](O)[C@@H]2O)O[C@H]1Oc1ccccc1. The van der Waals surface area contributed by atoms with Gasteiger partial charge in [-0.25, -0.2) is 9.36 Å². The maximum Gasteiger partial charge on any atom is 0.527 e. The molecule has 0 aliphatic carbocycles. The summed E-state index contributed by atoms with van der Waals surface area (Å²) >= 11 is 0. The number of amides is 1. The number of hydrogen-bond acceptors (Lipinski definition) is 12. The monoisotopic (exact) mass is 566 g/mol. The summed E-state index contributed by atoms with van der Waals surface area (Å²) in [6.07, 6.45) is -1.79. The average molecular weight is 566 g/mol. The van der Waals surface area contributed by atoms with Crippen molar-refractivity contribution < 1.29 is 47.7 Å². The lowest BCUT2D eigenvalue weighted by Crippen LogP contribution is -2.46. The number of carbonyl (C=O) groups is 1. The van der Waals surface area contributed by atoms with Crippen LogP contribution in [-0.4, -0.2) is 67.8 Å². The van der Waals surface area contributed by atoms with Gasteiger partial charge in [0, 0.05) is 13.1 Å². The van der Waals surface area contributed by atoms with Crippen LogP contribution in [0, 0.1) is 0 Å². The van der Waals surface area contributed by atoms with Gasteiger partial charge in [-0.15, -0.1) is 0 Å². The molecule has 1 aromatic carbocycles. The van der Waals surface area contributed by atoms with E-state index in [1.807, 2.05) is 0 Å². The fourth-order valence-electron chi connectivity index (χ4n) is 3.72. The van der Waals surface area contributed by atoms with Crippen molar-refractivity contribution in [3.8, 4) is 5.75 Å². The Labute approximate surface area is 221 Å². The second-order valence-corrected chi connectivity index (χ2v) is 9.89. The van der Waals surface area contributed by atoms with Crippen molar-refractivity contribution in [3.05, 3.63) is 77.3 Å². The van der Waals surface area contributed by atoms with Crippen molar-refractivity contribution >= 4 is 19.5 Å². The number of aromatic nitrogens is 2. The fraction of sp³-hybridized carbons (Fsp3) is 0.348. The molecular formula is C23H27N4O11P. The predicted molar refractivity (Wildman–Crippen MR) is 132 cm³/mol. The number of phosphoric acid groups is 1. The summed E-state index contributed by atoms with van der Waals surface area (Å²) in [5.74, 6) is 0.0700. The highest BCUT2D eigenvalue weighted by Crippen LogP contribution is 2.45. The van der Waals surface area contributed by atoms with Crippen LogP contribution in [0.4, 0.5) is 5.82 Å². The third-order valence-corrected chi connectivity index (χ3v) is 6.39. The van der Waals surface area contributed by atoms with E-state index in [4.69, 9.17) is 29.0 Å². The molecule has 1 aromatic heterocycles. The molecule has 1 saturated heterocycles. The van der Waals surface area contributed by atoms with E-state index in [0.29, 0.717) is 5.75 Å². The lowest BCUT2D eigenvalue weighted by Gasteiger charge is -2.30. The van der Waals surface area contributed by atoms with E-state index in [0.717, 1.165) is 10.8 Å². The molecule has 15 nitrogen and oxygen atoms in total. The lowest BCUT2D eigenvalue weighted by atomic mass is 10.1. The number of nitrogen functional groups attached to an aromatic ring is 1. The van der Waals surface area contributed by atoms with Crippen LogP contribution in [0.1, 0.15) is 13.2 Å². The molecule has 1 amide bonds. The zero-order valence-electron chi connectivity index (χ0n) is 20.5. The summed E-state index contributed by atoms with van der Waals surface area (Å²) in [6, 6.07) is 9.29. The van der Waals surface area contributed by atoms with Crippen LogP contribution in [0.2, 0.25) is 0 Å². The number of hydrogen-bond donors (Lipinski definition) is 5. The van der Waals surface area contributed by atoms with Gasteiger partial charge in [-0.1, -0.05) is 24.3 Å². The first-order valence-electron chi connectivity index (χ1n) is 11.6. The predicted octanol–water partition coefficient (Wildman–Crippen LogP) is -0.0841. The second-order valence-electron chi connectivity index (χ2n) is 8.48. The standard InChI is InChI=1S/C23H27N4O11P/c1-13(28)25-16-8-7-15(37-22(16)36-14-5-3-2-4-6-14)11-34-39(32,33)35-12-17-19(29)20(30)21(38-17)27-10-9-18(24)26-23(27)31/h2-11,16-17,19-22,29-30H,12H2,1H3,(H,25,28)(H,32,33)(H2,24,26,31)/b15-11-/t16-,17-,19-,20-,21-,22-/m1/s1. The summed E-state index contributed by atoms with van der Waals surface area (Å²) in [5, 5.41) is 23.3. The van der Waals surface area contributed by atoms with Crippen LogP contribution in [-0.2, 0) is 27.9 Å². The molecular weight excluding hydrogens is 539 g/mol. The molecule has 2 aliphatic rings. The van der Waals surface area contributed by atoms with Gasteiger partial charge in [0.1, 0.15) is 42.2 Å². The van der Waals surface area contributed by atoms with Crippen LogP contribution >= 0.6 is 7.82 Å². The van der Waals surface area contributed by atoms with Gasteiger partial charge in [-0.2, -0.15) is 4.98 Å². The largest absolute Gasteiger partial charge is 0.527 e. The highest BCUT2D eigenvalue weighted by atomic mass is 31.2. The van der Waals surface area contributed by atoms with E-state index in [-0.39, 0.29) is 17.5 Å². The number of nitrogens with one attached hydrogen (secondary N) is 1. The first-order chi connectivity index (χ1) is 18.5. The highest BCUT2D eigenvalue weighted by Gasteiger charge is 2.45. The van der Waals surface area contributed by atoms with Gasteiger partial charge < -0.3 is 40.0 Å². The van der Waals surface area contributed by atoms with Crippen molar-refractivity contribution in [1.82, 2.24) is 14.9 Å². The Morgan fingerprint density at radius 2 is 2.00 bits per heavy atom. The molecule has 39 heavy (non-hydrogen) atoms. The van der Waals surface area contributed by atoms with Crippen molar-refractivity contribution in [1.29, 1.82) is 0 Å². The molecule has 7 atom stereocenters. The molecule has 2 aliphatic heterocycles. The number of nitrogens with two attached hydrogens (primary N) is 1.